The summed E-state index contributed by atoms with van der Waals surface area (Å²) >= 11 is 0. The molecule has 1 aromatic carbocycles. The zero-order valence-corrected chi connectivity index (χ0v) is 16.8. The molecule has 0 unspecified atom stereocenters. The first kappa shape index (κ1) is 18.3. The Labute approximate surface area is 165 Å². The fourth-order valence-electron chi connectivity index (χ4n) is 3.36. The fourth-order valence-corrected chi connectivity index (χ4v) is 3.36. The molecule has 6 heteroatoms. The second-order valence-electron chi connectivity index (χ2n) is 8.24. The van der Waals surface area contributed by atoms with E-state index >= 15 is 0 Å². The standard InChI is InChI=1S/C22H25N5O/c1-5-27-13-17(11-24-27)15-7-6-8-16(9-15)20(28)26-12-18-10-23-21(22(2,3)4)25-19(18)14-26/h6-11,13H,5,12,14H2,1-4H3. The molecule has 1 aliphatic rings. The molecule has 1 aliphatic heterocycles. The van der Waals surface area contributed by atoms with Crippen LogP contribution in [0.5, 0.6) is 0 Å². The van der Waals surface area contributed by atoms with Crippen LogP contribution < -0.4 is 0 Å². The molecule has 28 heavy (non-hydrogen) atoms. The van der Waals surface area contributed by atoms with E-state index < -0.39 is 0 Å². The highest BCUT2D eigenvalue weighted by Gasteiger charge is 2.28. The van der Waals surface area contributed by atoms with E-state index in [0.717, 1.165) is 34.8 Å². The highest BCUT2D eigenvalue weighted by atomic mass is 16.2. The van der Waals surface area contributed by atoms with Crippen molar-refractivity contribution in [3.63, 3.8) is 0 Å². The molecule has 6 nitrogen and oxygen atoms in total. The summed E-state index contributed by atoms with van der Waals surface area (Å²) in [6.45, 7) is 10.2. The van der Waals surface area contributed by atoms with Gasteiger partial charge in [-0.1, -0.05) is 32.9 Å². The lowest BCUT2D eigenvalue weighted by molar-refractivity contribution is 0.0750. The van der Waals surface area contributed by atoms with E-state index in [1.807, 2.05) is 52.4 Å². The molecule has 0 saturated heterocycles. The van der Waals surface area contributed by atoms with Gasteiger partial charge in [0.1, 0.15) is 5.82 Å². The number of carbonyl (C=O) groups is 1. The second kappa shape index (κ2) is 6.86. The number of aromatic nitrogens is 4. The first-order valence-corrected chi connectivity index (χ1v) is 9.62. The van der Waals surface area contributed by atoms with Crippen LogP contribution in [0.15, 0.2) is 42.9 Å². The molecule has 3 aromatic rings. The number of hydrogen-bond donors (Lipinski definition) is 0. The van der Waals surface area contributed by atoms with Gasteiger partial charge in [0, 0.05) is 47.6 Å². The SMILES string of the molecule is CCn1cc(-c2cccc(C(=O)N3Cc4cnc(C(C)(C)C)nc4C3)c2)cn1. The average molecular weight is 375 g/mol. The van der Waals surface area contributed by atoms with Crippen molar-refractivity contribution in [3.05, 3.63) is 65.5 Å². The number of carbonyl (C=O) groups excluding carboxylic acids is 1. The third-order valence-corrected chi connectivity index (χ3v) is 5.01. The van der Waals surface area contributed by atoms with Crippen molar-refractivity contribution >= 4 is 5.91 Å². The Morgan fingerprint density at radius 1 is 1.14 bits per heavy atom. The van der Waals surface area contributed by atoms with Crippen LogP contribution in [0.25, 0.3) is 11.1 Å². The Kier molecular flexibility index (Phi) is 4.49. The van der Waals surface area contributed by atoms with Crippen molar-refractivity contribution in [3.8, 4) is 11.1 Å². The lowest BCUT2D eigenvalue weighted by atomic mass is 9.95. The summed E-state index contributed by atoms with van der Waals surface area (Å²) in [7, 11) is 0. The molecule has 2 aromatic heterocycles. The fraction of sp³-hybridized carbons (Fsp3) is 0.364. The third kappa shape index (κ3) is 3.42. The molecular weight excluding hydrogens is 350 g/mol. The maximum atomic E-state index is 13.1. The van der Waals surface area contributed by atoms with Gasteiger partial charge in [-0.3, -0.25) is 9.48 Å². The number of hydrogen-bond acceptors (Lipinski definition) is 4. The minimum Gasteiger partial charge on any atom is -0.328 e. The van der Waals surface area contributed by atoms with Crippen LogP contribution >= 0.6 is 0 Å². The van der Waals surface area contributed by atoms with E-state index in [2.05, 4.69) is 37.8 Å². The van der Waals surface area contributed by atoms with Gasteiger partial charge in [-0.05, 0) is 24.6 Å². The molecule has 0 aliphatic carbocycles. The van der Waals surface area contributed by atoms with E-state index in [4.69, 9.17) is 4.98 Å². The first-order chi connectivity index (χ1) is 13.3. The molecule has 4 rings (SSSR count). The van der Waals surface area contributed by atoms with Gasteiger partial charge in [0.25, 0.3) is 5.91 Å². The minimum absolute atomic E-state index is 0.0139. The number of benzene rings is 1. The van der Waals surface area contributed by atoms with Crippen LogP contribution in [-0.2, 0) is 25.0 Å². The predicted octanol–water partition coefficient (Wildman–Crippen LogP) is 3.81. The Balaban J connectivity index is 1.56. The van der Waals surface area contributed by atoms with E-state index in [-0.39, 0.29) is 11.3 Å². The molecule has 0 radical (unpaired) electrons. The molecular formula is C22H25N5O. The lowest BCUT2D eigenvalue weighted by Crippen LogP contribution is -2.25. The van der Waals surface area contributed by atoms with Gasteiger partial charge in [-0.2, -0.15) is 5.10 Å². The van der Waals surface area contributed by atoms with E-state index in [9.17, 15) is 4.79 Å². The van der Waals surface area contributed by atoms with Crippen molar-refractivity contribution in [2.75, 3.05) is 0 Å². The molecule has 0 fully saturated rings. The number of rotatable bonds is 3. The van der Waals surface area contributed by atoms with Crippen molar-refractivity contribution in [2.45, 2.75) is 52.7 Å². The van der Waals surface area contributed by atoms with E-state index in [1.54, 1.807) is 0 Å². The molecule has 0 spiro atoms. The minimum atomic E-state index is -0.107. The maximum Gasteiger partial charge on any atom is 0.254 e. The van der Waals surface area contributed by atoms with Crippen molar-refractivity contribution in [1.29, 1.82) is 0 Å². The van der Waals surface area contributed by atoms with Crippen LogP contribution in [0, 0.1) is 0 Å². The van der Waals surface area contributed by atoms with Crippen LogP contribution in [0.3, 0.4) is 0 Å². The lowest BCUT2D eigenvalue weighted by Gasteiger charge is -2.16. The highest BCUT2D eigenvalue weighted by molar-refractivity contribution is 5.95. The largest absolute Gasteiger partial charge is 0.328 e. The summed E-state index contributed by atoms with van der Waals surface area (Å²) in [6, 6.07) is 7.74. The molecule has 0 bridgehead atoms. The molecule has 3 heterocycles. The third-order valence-electron chi connectivity index (χ3n) is 5.01. The average Bonchev–Trinajstić information content (AvgIpc) is 3.33. The van der Waals surface area contributed by atoms with Gasteiger partial charge in [-0.25, -0.2) is 9.97 Å². The normalized spacial score (nSPS) is 13.6. The Morgan fingerprint density at radius 3 is 2.68 bits per heavy atom. The summed E-state index contributed by atoms with van der Waals surface area (Å²) in [4.78, 5) is 24.1. The summed E-state index contributed by atoms with van der Waals surface area (Å²) in [5.74, 6) is 0.829. The topological polar surface area (TPSA) is 63.9 Å². The van der Waals surface area contributed by atoms with Gasteiger partial charge in [0.15, 0.2) is 0 Å². The zero-order valence-electron chi connectivity index (χ0n) is 16.8. The Hall–Kier alpha value is -3.02. The van der Waals surface area contributed by atoms with Crippen molar-refractivity contribution in [2.24, 2.45) is 0 Å². The van der Waals surface area contributed by atoms with Crippen LogP contribution in [0.1, 0.15) is 55.1 Å². The van der Waals surface area contributed by atoms with Gasteiger partial charge in [0.2, 0.25) is 0 Å². The van der Waals surface area contributed by atoms with Crippen molar-refractivity contribution in [1.82, 2.24) is 24.6 Å². The predicted molar refractivity (Wildman–Crippen MR) is 108 cm³/mol. The molecule has 1 amide bonds. The summed E-state index contributed by atoms with van der Waals surface area (Å²) < 4.78 is 1.88. The second-order valence-corrected chi connectivity index (χ2v) is 8.24. The number of amides is 1. The van der Waals surface area contributed by atoms with Gasteiger partial charge in [0.05, 0.1) is 18.4 Å². The van der Waals surface area contributed by atoms with Gasteiger partial charge in [-0.15, -0.1) is 0 Å². The van der Waals surface area contributed by atoms with E-state index in [0.29, 0.717) is 18.7 Å². The number of aryl methyl sites for hydroxylation is 1. The Bertz CT molecular complexity index is 1030. The number of fused-ring (bicyclic) bond motifs is 1. The molecule has 144 valence electrons. The highest BCUT2D eigenvalue weighted by Crippen LogP contribution is 2.27. The van der Waals surface area contributed by atoms with Crippen LogP contribution in [-0.4, -0.2) is 30.6 Å². The summed E-state index contributed by atoms with van der Waals surface area (Å²) in [5, 5.41) is 4.32. The number of nitrogens with zero attached hydrogens (tertiary/aromatic N) is 5. The van der Waals surface area contributed by atoms with Gasteiger partial charge >= 0.3 is 0 Å². The quantitative estimate of drug-likeness (QED) is 0.698. The first-order valence-electron chi connectivity index (χ1n) is 9.62. The van der Waals surface area contributed by atoms with Crippen LogP contribution in [0.2, 0.25) is 0 Å². The monoisotopic (exact) mass is 375 g/mol. The Morgan fingerprint density at radius 2 is 1.96 bits per heavy atom. The molecule has 0 saturated carbocycles. The van der Waals surface area contributed by atoms with Crippen molar-refractivity contribution < 1.29 is 4.79 Å². The molecule has 0 N–H and O–H groups in total. The smallest absolute Gasteiger partial charge is 0.254 e. The zero-order chi connectivity index (χ0) is 19.9. The van der Waals surface area contributed by atoms with E-state index in [1.165, 1.54) is 0 Å². The van der Waals surface area contributed by atoms with Crippen LogP contribution in [0.4, 0.5) is 0 Å². The summed E-state index contributed by atoms with van der Waals surface area (Å²) in [6.07, 6.45) is 5.70. The molecule has 0 atom stereocenters. The van der Waals surface area contributed by atoms with Gasteiger partial charge < -0.3 is 4.90 Å². The maximum absolute atomic E-state index is 13.1. The summed E-state index contributed by atoms with van der Waals surface area (Å²) in [5.41, 5.74) is 4.57.